The van der Waals surface area contributed by atoms with E-state index in [4.69, 9.17) is 9.47 Å². The molecule has 128 valence electrons. The molecule has 9 heteroatoms. The molecule has 4 heterocycles. The van der Waals surface area contributed by atoms with E-state index in [0.717, 1.165) is 13.0 Å². The van der Waals surface area contributed by atoms with Gasteiger partial charge in [0.25, 0.3) is 0 Å². The zero-order chi connectivity index (χ0) is 16.4. The van der Waals surface area contributed by atoms with Crippen LogP contribution in [0.1, 0.15) is 6.42 Å². The predicted molar refractivity (Wildman–Crippen MR) is 81.8 cm³/mol. The lowest BCUT2D eigenvalue weighted by atomic mass is 9.94. The van der Waals surface area contributed by atoms with Gasteiger partial charge >= 0.3 is 0 Å². The lowest BCUT2D eigenvalue weighted by Crippen LogP contribution is -2.44. The van der Waals surface area contributed by atoms with Gasteiger partial charge in [-0.25, -0.2) is 14.4 Å². The van der Waals surface area contributed by atoms with E-state index in [0.29, 0.717) is 44.8 Å². The van der Waals surface area contributed by atoms with Gasteiger partial charge < -0.3 is 18.9 Å². The van der Waals surface area contributed by atoms with Crippen molar-refractivity contribution in [1.82, 2.24) is 24.7 Å². The molecule has 24 heavy (non-hydrogen) atoms. The Morgan fingerprint density at radius 3 is 2.83 bits per heavy atom. The van der Waals surface area contributed by atoms with Crippen molar-refractivity contribution in [3.05, 3.63) is 30.9 Å². The smallest absolute Gasteiger partial charge is 0.225 e. The standard InChI is InChI=1S/C15H19FN6O2/c16-13-4-17-14(18-5-13)22-1-2-23-9-15(8-22)3-12(7-24-15)6-21-10-19-20-11-21/h4-5,10-12H,1-3,6-9H2. The molecular formula is C15H19FN6O2. The van der Waals surface area contributed by atoms with Crippen LogP contribution in [0, 0.1) is 11.7 Å². The fourth-order valence-electron chi connectivity index (χ4n) is 3.43. The maximum absolute atomic E-state index is 13.1. The molecule has 2 aromatic rings. The molecule has 2 fully saturated rings. The Balaban J connectivity index is 1.47. The van der Waals surface area contributed by atoms with E-state index < -0.39 is 5.82 Å². The molecule has 0 saturated carbocycles. The second-order valence-corrected chi connectivity index (χ2v) is 6.40. The van der Waals surface area contributed by atoms with Crippen molar-refractivity contribution < 1.29 is 13.9 Å². The van der Waals surface area contributed by atoms with Gasteiger partial charge in [-0.1, -0.05) is 0 Å². The summed E-state index contributed by atoms with van der Waals surface area (Å²) >= 11 is 0. The van der Waals surface area contributed by atoms with Crippen molar-refractivity contribution >= 4 is 5.95 Å². The molecule has 0 aromatic carbocycles. The molecular weight excluding hydrogens is 315 g/mol. The Hall–Kier alpha value is -2.13. The second-order valence-electron chi connectivity index (χ2n) is 6.40. The Morgan fingerprint density at radius 1 is 1.25 bits per heavy atom. The van der Waals surface area contributed by atoms with Crippen molar-refractivity contribution in [1.29, 1.82) is 0 Å². The summed E-state index contributed by atoms with van der Waals surface area (Å²) in [4.78, 5) is 10.2. The first-order chi connectivity index (χ1) is 11.7. The number of anilines is 1. The first kappa shape index (κ1) is 15.4. The number of hydrogen-bond acceptors (Lipinski definition) is 7. The van der Waals surface area contributed by atoms with Crippen LogP contribution in [0.15, 0.2) is 25.0 Å². The first-order valence-electron chi connectivity index (χ1n) is 7.99. The normalized spacial score (nSPS) is 27.5. The van der Waals surface area contributed by atoms with Gasteiger partial charge in [-0.2, -0.15) is 0 Å². The van der Waals surface area contributed by atoms with Crippen molar-refractivity contribution in [3.63, 3.8) is 0 Å². The van der Waals surface area contributed by atoms with Crippen LogP contribution in [-0.4, -0.2) is 63.2 Å². The summed E-state index contributed by atoms with van der Waals surface area (Å²) in [5.74, 6) is 0.441. The lowest BCUT2D eigenvalue weighted by Gasteiger charge is -2.31. The maximum atomic E-state index is 13.1. The number of hydrogen-bond donors (Lipinski definition) is 0. The average Bonchev–Trinajstić information content (AvgIpc) is 3.17. The zero-order valence-corrected chi connectivity index (χ0v) is 13.2. The van der Waals surface area contributed by atoms with Gasteiger partial charge in [0.1, 0.15) is 18.3 Å². The third-order valence-electron chi connectivity index (χ3n) is 4.46. The Bertz CT molecular complexity index is 667. The number of ether oxygens (including phenoxy) is 2. The molecule has 2 unspecified atom stereocenters. The Morgan fingerprint density at radius 2 is 2.04 bits per heavy atom. The van der Waals surface area contributed by atoms with Crippen LogP contribution in [-0.2, 0) is 16.0 Å². The molecule has 2 saturated heterocycles. The monoisotopic (exact) mass is 334 g/mol. The number of aromatic nitrogens is 5. The molecule has 2 aliphatic rings. The van der Waals surface area contributed by atoms with E-state index in [-0.39, 0.29) is 5.60 Å². The molecule has 2 aliphatic heterocycles. The summed E-state index contributed by atoms with van der Waals surface area (Å²) in [5.41, 5.74) is -0.382. The molecule has 2 aromatic heterocycles. The van der Waals surface area contributed by atoms with Gasteiger partial charge in [0, 0.05) is 19.0 Å². The van der Waals surface area contributed by atoms with Crippen LogP contribution in [0.4, 0.5) is 10.3 Å². The fraction of sp³-hybridized carbons (Fsp3) is 0.600. The van der Waals surface area contributed by atoms with Crippen LogP contribution in [0.3, 0.4) is 0 Å². The molecule has 0 amide bonds. The highest BCUT2D eigenvalue weighted by Gasteiger charge is 2.43. The maximum Gasteiger partial charge on any atom is 0.225 e. The van der Waals surface area contributed by atoms with Crippen molar-refractivity contribution in [3.8, 4) is 0 Å². The topological polar surface area (TPSA) is 78.2 Å². The Labute approximate surface area is 138 Å². The van der Waals surface area contributed by atoms with E-state index in [9.17, 15) is 4.39 Å². The zero-order valence-electron chi connectivity index (χ0n) is 13.2. The SMILES string of the molecule is Fc1cnc(N2CCOCC3(CC(Cn4cnnc4)CO3)C2)nc1. The summed E-state index contributed by atoms with van der Waals surface area (Å²) in [6, 6.07) is 0. The van der Waals surface area contributed by atoms with E-state index >= 15 is 0 Å². The fourth-order valence-corrected chi connectivity index (χ4v) is 3.43. The van der Waals surface area contributed by atoms with E-state index in [1.165, 1.54) is 12.4 Å². The molecule has 0 bridgehead atoms. The third-order valence-corrected chi connectivity index (χ3v) is 4.46. The Kier molecular flexibility index (Phi) is 4.11. The van der Waals surface area contributed by atoms with Gasteiger partial charge in [0.05, 0.1) is 38.8 Å². The van der Waals surface area contributed by atoms with Gasteiger partial charge in [-0.05, 0) is 6.42 Å². The number of halogens is 1. The summed E-state index contributed by atoms with van der Waals surface area (Å²) in [6.45, 7) is 3.90. The summed E-state index contributed by atoms with van der Waals surface area (Å²) in [6.07, 6.45) is 6.68. The first-order valence-corrected chi connectivity index (χ1v) is 7.99. The quantitative estimate of drug-likeness (QED) is 0.810. The van der Waals surface area contributed by atoms with E-state index in [1.54, 1.807) is 12.7 Å². The molecule has 8 nitrogen and oxygen atoms in total. The number of nitrogens with zero attached hydrogens (tertiary/aromatic N) is 6. The van der Waals surface area contributed by atoms with Gasteiger partial charge in [0.2, 0.25) is 5.95 Å². The second kappa shape index (κ2) is 6.40. The van der Waals surface area contributed by atoms with Crippen molar-refractivity contribution in [2.75, 3.05) is 37.8 Å². The van der Waals surface area contributed by atoms with Crippen LogP contribution >= 0.6 is 0 Å². The molecule has 0 radical (unpaired) electrons. The molecule has 0 N–H and O–H groups in total. The predicted octanol–water partition coefficient (Wildman–Crippen LogP) is 0.519. The largest absolute Gasteiger partial charge is 0.377 e. The lowest BCUT2D eigenvalue weighted by molar-refractivity contribution is -0.0458. The van der Waals surface area contributed by atoms with Crippen molar-refractivity contribution in [2.45, 2.75) is 18.6 Å². The van der Waals surface area contributed by atoms with E-state index in [2.05, 4.69) is 20.2 Å². The van der Waals surface area contributed by atoms with Crippen LogP contribution < -0.4 is 4.90 Å². The minimum Gasteiger partial charge on any atom is -0.377 e. The van der Waals surface area contributed by atoms with Gasteiger partial charge in [-0.3, -0.25) is 0 Å². The molecule has 0 aliphatic carbocycles. The minimum atomic E-state index is -0.439. The van der Waals surface area contributed by atoms with Crippen LogP contribution in [0.25, 0.3) is 0 Å². The third kappa shape index (κ3) is 3.22. The molecule has 2 atom stereocenters. The summed E-state index contributed by atoms with van der Waals surface area (Å²) in [5, 5.41) is 7.67. The van der Waals surface area contributed by atoms with Gasteiger partial charge in [0.15, 0.2) is 5.82 Å². The van der Waals surface area contributed by atoms with E-state index in [1.807, 2.05) is 9.47 Å². The summed E-state index contributed by atoms with van der Waals surface area (Å²) < 4.78 is 26.9. The minimum absolute atomic E-state index is 0.374. The average molecular weight is 334 g/mol. The van der Waals surface area contributed by atoms with Crippen LogP contribution in [0.2, 0.25) is 0 Å². The molecule has 4 rings (SSSR count). The van der Waals surface area contributed by atoms with Crippen LogP contribution in [0.5, 0.6) is 0 Å². The van der Waals surface area contributed by atoms with Gasteiger partial charge in [-0.15, -0.1) is 10.2 Å². The molecule has 1 spiro atoms. The highest BCUT2D eigenvalue weighted by Crippen LogP contribution is 2.34. The number of rotatable bonds is 3. The van der Waals surface area contributed by atoms with Crippen molar-refractivity contribution in [2.24, 2.45) is 5.92 Å². The highest BCUT2D eigenvalue weighted by molar-refractivity contribution is 5.30. The summed E-state index contributed by atoms with van der Waals surface area (Å²) in [7, 11) is 0. The highest BCUT2D eigenvalue weighted by atomic mass is 19.1.